The molecule has 0 bridgehead atoms. The molecule has 0 spiro atoms. The van der Waals surface area contributed by atoms with Crippen LogP contribution in [0.15, 0.2) is 70.6 Å². The Kier molecular flexibility index (Phi) is 8.24. The molecule has 1 N–H and O–H groups in total. The second-order valence-corrected chi connectivity index (χ2v) is 11.4. The summed E-state index contributed by atoms with van der Waals surface area (Å²) in [4.78, 5) is 46.8. The second kappa shape index (κ2) is 12.0. The Morgan fingerprint density at radius 2 is 1.76 bits per heavy atom. The number of hydrogen-bond acceptors (Lipinski definition) is 6. The van der Waals surface area contributed by atoms with E-state index in [1.165, 1.54) is 28.7 Å². The fourth-order valence-corrected chi connectivity index (χ4v) is 6.79. The van der Waals surface area contributed by atoms with E-state index in [0.717, 1.165) is 28.8 Å². The first-order valence-electron chi connectivity index (χ1n) is 12.8. The molecule has 9 heteroatoms. The van der Waals surface area contributed by atoms with Crippen LogP contribution in [-0.4, -0.2) is 45.1 Å². The number of benzene rings is 2. The maximum atomic E-state index is 13.8. The predicted octanol–water partition coefficient (Wildman–Crippen LogP) is 4.25. The number of carbonyl (C=O) groups excluding carboxylic acids is 2. The lowest BCUT2D eigenvalue weighted by atomic mass is 10.1. The quantitative estimate of drug-likeness (QED) is 0.193. The molecule has 4 aromatic rings. The Morgan fingerprint density at radius 1 is 1.05 bits per heavy atom. The van der Waals surface area contributed by atoms with Crippen molar-refractivity contribution in [3.63, 3.8) is 0 Å². The Bertz CT molecular complexity index is 1500. The highest BCUT2D eigenvalue weighted by Gasteiger charge is 2.26. The third-order valence-corrected chi connectivity index (χ3v) is 8.78. The molecule has 0 saturated heterocycles. The van der Waals surface area contributed by atoms with E-state index in [-0.39, 0.29) is 23.1 Å². The molecule has 5 rings (SSSR count). The van der Waals surface area contributed by atoms with Gasteiger partial charge in [0.05, 0.1) is 24.2 Å². The summed E-state index contributed by atoms with van der Waals surface area (Å²) in [6, 6.07) is 20.0. The van der Waals surface area contributed by atoms with E-state index in [1.54, 1.807) is 16.4 Å². The first-order valence-corrected chi connectivity index (χ1v) is 14.6. The van der Waals surface area contributed by atoms with Crippen molar-refractivity contribution in [2.45, 2.75) is 44.4 Å². The Labute approximate surface area is 229 Å². The molecule has 0 fully saturated rings. The van der Waals surface area contributed by atoms with Crippen LogP contribution >= 0.6 is 23.1 Å². The highest BCUT2D eigenvalue weighted by molar-refractivity contribution is 7.99. The van der Waals surface area contributed by atoms with Gasteiger partial charge >= 0.3 is 0 Å². The Hall–Kier alpha value is -3.43. The van der Waals surface area contributed by atoms with Crippen molar-refractivity contribution in [2.75, 3.05) is 18.8 Å². The molecule has 3 heterocycles. The van der Waals surface area contributed by atoms with Gasteiger partial charge in [-0.3, -0.25) is 19.0 Å². The molecule has 38 heavy (non-hydrogen) atoms. The van der Waals surface area contributed by atoms with Crippen LogP contribution in [0.3, 0.4) is 0 Å². The van der Waals surface area contributed by atoms with Gasteiger partial charge in [-0.2, -0.15) is 0 Å². The summed E-state index contributed by atoms with van der Waals surface area (Å²) in [7, 11) is 0. The number of thioether (sulfide) groups is 1. The van der Waals surface area contributed by atoms with Crippen LogP contribution in [0.2, 0.25) is 0 Å². The minimum atomic E-state index is -0.0848. The monoisotopic (exact) mass is 546 g/mol. The highest BCUT2D eigenvalue weighted by atomic mass is 32.2. The molecule has 0 radical (unpaired) electrons. The largest absolute Gasteiger partial charge is 0.355 e. The number of hydrogen-bond donors (Lipinski definition) is 1. The molecular weight excluding hydrogens is 516 g/mol. The fourth-order valence-electron chi connectivity index (χ4n) is 4.69. The van der Waals surface area contributed by atoms with Gasteiger partial charge in [-0.25, -0.2) is 4.98 Å². The number of aryl methyl sites for hydroxylation is 1. The normalized spacial score (nSPS) is 12.9. The average molecular weight is 547 g/mol. The van der Waals surface area contributed by atoms with E-state index >= 15 is 0 Å². The summed E-state index contributed by atoms with van der Waals surface area (Å²) in [5.41, 5.74) is 3.17. The number of carbonyl (C=O) groups is 2. The Balaban J connectivity index is 1.34. The minimum absolute atomic E-state index is 0.0357. The Morgan fingerprint density at radius 3 is 2.47 bits per heavy atom. The van der Waals surface area contributed by atoms with Crippen molar-refractivity contribution in [1.82, 2.24) is 19.8 Å². The predicted molar refractivity (Wildman–Crippen MR) is 153 cm³/mol. The minimum Gasteiger partial charge on any atom is -0.355 e. The standard InChI is InChI=1S/C29H30N4O3S2/c1-20(34)32-16-14-23-24(18-32)38-27-26(23)28(36)33(17-22-11-6-3-7-12-22)29(31-27)37-19-25(35)30-15-8-13-21-9-4-2-5-10-21/h2-7,9-12H,8,13-19H2,1H3,(H,30,35). The molecule has 0 unspecified atom stereocenters. The van der Waals surface area contributed by atoms with Gasteiger partial charge in [0.25, 0.3) is 5.56 Å². The van der Waals surface area contributed by atoms with Gasteiger partial charge in [0.15, 0.2) is 5.16 Å². The van der Waals surface area contributed by atoms with Crippen LogP contribution < -0.4 is 10.9 Å². The van der Waals surface area contributed by atoms with E-state index in [4.69, 9.17) is 4.98 Å². The van der Waals surface area contributed by atoms with Gasteiger partial charge in [0, 0.05) is 24.9 Å². The molecule has 196 valence electrons. The van der Waals surface area contributed by atoms with E-state index in [1.807, 2.05) is 48.5 Å². The second-order valence-electron chi connectivity index (χ2n) is 9.37. The number of aromatic nitrogens is 2. The van der Waals surface area contributed by atoms with Gasteiger partial charge in [0.2, 0.25) is 11.8 Å². The van der Waals surface area contributed by atoms with Crippen LogP contribution in [0.25, 0.3) is 10.2 Å². The van der Waals surface area contributed by atoms with Crippen molar-refractivity contribution < 1.29 is 9.59 Å². The number of amides is 2. The van der Waals surface area contributed by atoms with Crippen LogP contribution in [0.1, 0.15) is 34.9 Å². The topological polar surface area (TPSA) is 84.3 Å². The van der Waals surface area contributed by atoms with Crippen molar-refractivity contribution in [3.8, 4) is 0 Å². The number of nitrogens with zero attached hydrogens (tertiary/aromatic N) is 3. The maximum Gasteiger partial charge on any atom is 0.263 e. The smallest absolute Gasteiger partial charge is 0.263 e. The van der Waals surface area contributed by atoms with Crippen LogP contribution in [-0.2, 0) is 35.5 Å². The number of fused-ring (bicyclic) bond motifs is 3. The summed E-state index contributed by atoms with van der Waals surface area (Å²) in [5.74, 6) is 0.140. The number of rotatable bonds is 9. The molecule has 1 aliphatic heterocycles. The summed E-state index contributed by atoms with van der Waals surface area (Å²) in [5, 5.41) is 4.18. The molecule has 2 aromatic heterocycles. The molecule has 2 aromatic carbocycles. The van der Waals surface area contributed by atoms with E-state index in [0.29, 0.717) is 48.0 Å². The molecule has 7 nitrogen and oxygen atoms in total. The molecule has 0 aliphatic carbocycles. The number of nitrogens with one attached hydrogen (secondary N) is 1. The zero-order valence-electron chi connectivity index (χ0n) is 21.3. The van der Waals surface area contributed by atoms with E-state index in [2.05, 4.69) is 17.4 Å². The maximum absolute atomic E-state index is 13.8. The SMILES string of the molecule is CC(=O)N1CCc2c(sc3nc(SCC(=O)NCCCc4ccccc4)n(Cc4ccccc4)c(=O)c23)C1. The lowest BCUT2D eigenvalue weighted by molar-refractivity contribution is -0.129. The summed E-state index contributed by atoms with van der Waals surface area (Å²) >= 11 is 2.77. The lowest BCUT2D eigenvalue weighted by Gasteiger charge is -2.25. The molecule has 0 atom stereocenters. The molecule has 1 aliphatic rings. The van der Waals surface area contributed by atoms with E-state index in [9.17, 15) is 14.4 Å². The van der Waals surface area contributed by atoms with Crippen molar-refractivity contribution in [2.24, 2.45) is 0 Å². The van der Waals surface area contributed by atoms with Crippen LogP contribution in [0.4, 0.5) is 0 Å². The molecular formula is C29H30N4O3S2. The number of thiophene rings is 1. The third kappa shape index (κ3) is 6.00. The van der Waals surface area contributed by atoms with Gasteiger partial charge in [-0.1, -0.05) is 72.4 Å². The van der Waals surface area contributed by atoms with E-state index < -0.39 is 0 Å². The average Bonchev–Trinajstić information content (AvgIpc) is 3.30. The molecule has 0 saturated carbocycles. The summed E-state index contributed by atoms with van der Waals surface area (Å²) in [6.45, 7) is 3.67. The van der Waals surface area contributed by atoms with Crippen molar-refractivity contribution >= 4 is 45.1 Å². The molecule has 2 amide bonds. The van der Waals surface area contributed by atoms with Crippen LogP contribution in [0, 0.1) is 0 Å². The zero-order valence-corrected chi connectivity index (χ0v) is 22.9. The van der Waals surface area contributed by atoms with Gasteiger partial charge in [0.1, 0.15) is 4.83 Å². The third-order valence-electron chi connectivity index (χ3n) is 6.69. The first-order chi connectivity index (χ1) is 18.5. The van der Waals surface area contributed by atoms with Crippen molar-refractivity contribution in [3.05, 3.63) is 92.6 Å². The summed E-state index contributed by atoms with van der Waals surface area (Å²) < 4.78 is 1.69. The lowest BCUT2D eigenvalue weighted by Crippen LogP contribution is -2.34. The summed E-state index contributed by atoms with van der Waals surface area (Å²) in [6.07, 6.45) is 2.42. The van der Waals surface area contributed by atoms with Gasteiger partial charge in [-0.15, -0.1) is 11.3 Å². The van der Waals surface area contributed by atoms with Gasteiger partial charge < -0.3 is 10.2 Å². The van der Waals surface area contributed by atoms with Crippen LogP contribution in [0.5, 0.6) is 0 Å². The van der Waals surface area contributed by atoms with Crippen molar-refractivity contribution in [1.29, 1.82) is 0 Å². The zero-order chi connectivity index (χ0) is 26.5. The van der Waals surface area contributed by atoms with Gasteiger partial charge in [-0.05, 0) is 36.0 Å². The fraction of sp³-hybridized carbons (Fsp3) is 0.310. The highest BCUT2D eigenvalue weighted by Crippen LogP contribution is 2.34. The first kappa shape index (κ1) is 26.2.